The molecule has 3 aromatic rings. The van der Waals surface area contributed by atoms with Crippen LogP contribution in [-0.2, 0) is 12.0 Å². The number of hydrogen-bond donors (Lipinski definition) is 1. The van der Waals surface area contributed by atoms with Gasteiger partial charge in [-0.15, -0.1) is 0 Å². The van der Waals surface area contributed by atoms with Gasteiger partial charge in [-0.25, -0.2) is 5.43 Å². The van der Waals surface area contributed by atoms with Crippen molar-refractivity contribution < 1.29 is 9.53 Å². The Labute approximate surface area is 178 Å². The Morgan fingerprint density at radius 1 is 1.00 bits per heavy atom. The van der Waals surface area contributed by atoms with Crippen LogP contribution < -0.4 is 10.2 Å². The average Bonchev–Trinajstić information content (AvgIpc) is 2.73. The van der Waals surface area contributed by atoms with Gasteiger partial charge in [-0.05, 0) is 64.9 Å². The number of nitrogens with one attached hydrogen (secondary N) is 1. The minimum atomic E-state index is -0.230. The molecule has 0 aromatic heterocycles. The molecule has 0 radical (unpaired) electrons. The van der Waals surface area contributed by atoms with Crippen molar-refractivity contribution in [1.29, 1.82) is 0 Å². The van der Waals surface area contributed by atoms with Gasteiger partial charge in [0.2, 0.25) is 0 Å². The zero-order valence-corrected chi connectivity index (χ0v) is 18.0. The van der Waals surface area contributed by atoms with Gasteiger partial charge < -0.3 is 4.74 Å². The number of aryl methyl sites for hydroxylation is 1. The summed E-state index contributed by atoms with van der Waals surface area (Å²) < 4.78 is 5.90. The number of carbonyl (C=O) groups excluding carboxylic acids is 1. The summed E-state index contributed by atoms with van der Waals surface area (Å²) in [5.74, 6) is 0.602. The fraction of sp³-hybridized carbons (Fsp3) is 0.231. The standard InChI is InChI=1S/C26H28N2O2/c1-19-16-21(10-15-24(19)30-18-20-8-6-5-7-9-20)17-27-28-25(29)22-11-13-23(14-12-22)26(2,3)4/h5-17H,18H2,1-4H3,(H,28,29)/b27-17+. The number of hydrogen-bond acceptors (Lipinski definition) is 3. The van der Waals surface area contributed by atoms with E-state index in [1.807, 2.05) is 79.7 Å². The van der Waals surface area contributed by atoms with Crippen LogP contribution in [0.5, 0.6) is 5.75 Å². The summed E-state index contributed by atoms with van der Waals surface area (Å²) in [4.78, 5) is 12.3. The molecule has 0 fully saturated rings. The van der Waals surface area contributed by atoms with Crippen molar-refractivity contribution in [3.8, 4) is 5.75 Å². The minimum Gasteiger partial charge on any atom is -0.489 e. The Hall–Kier alpha value is -3.40. The van der Waals surface area contributed by atoms with Crippen LogP contribution in [0.1, 0.15) is 53.4 Å². The number of nitrogens with zero attached hydrogens (tertiary/aromatic N) is 1. The summed E-state index contributed by atoms with van der Waals surface area (Å²) in [5.41, 5.74) is 7.45. The van der Waals surface area contributed by atoms with Crippen LogP contribution in [0.2, 0.25) is 0 Å². The highest BCUT2D eigenvalue weighted by atomic mass is 16.5. The summed E-state index contributed by atoms with van der Waals surface area (Å²) in [6.45, 7) is 8.96. The fourth-order valence-electron chi connectivity index (χ4n) is 3.00. The lowest BCUT2D eigenvalue weighted by atomic mass is 9.87. The van der Waals surface area contributed by atoms with Crippen molar-refractivity contribution in [3.63, 3.8) is 0 Å². The Balaban J connectivity index is 1.56. The predicted molar refractivity (Wildman–Crippen MR) is 122 cm³/mol. The molecule has 0 aliphatic carbocycles. The maximum atomic E-state index is 12.3. The number of amides is 1. The topological polar surface area (TPSA) is 50.7 Å². The van der Waals surface area contributed by atoms with Gasteiger partial charge in [0.05, 0.1) is 6.21 Å². The molecule has 30 heavy (non-hydrogen) atoms. The molecule has 0 aliphatic heterocycles. The molecule has 0 saturated heterocycles. The molecule has 0 aliphatic rings. The van der Waals surface area contributed by atoms with Crippen molar-refractivity contribution in [1.82, 2.24) is 5.43 Å². The lowest BCUT2D eigenvalue weighted by Gasteiger charge is -2.18. The Kier molecular flexibility index (Phi) is 6.68. The maximum Gasteiger partial charge on any atom is 0.271 e. The summed E-state index contributed by atoms with van der Waals surface area (Å²) >= 11 is 0. The van der Waals surface area contributed by atoms with Gasteiger partial charge in [0.25, 0.3) is 5.91 Å². The lowest BCUT2D eigenvalue weighted by molar-refractivity contribution is 0.0955. The van der Waals surface area contributed by atoms with E-state index < -0.39 is 0 Å². The molecule has 3 rings (SSSR count). The van der Waals surface area contributed by atoms with Gasteiger partial charge in [-0.3, -0.25) is 4.79 Å². The molecule has 1 amide bonds. The van der Waals surface area contributed by atoms with Crippen LogP contribution in [-0.4, -0.2) is 12.1 Å². The second kappa shape index (κ2) is 9.40. The number of hydrazone groups is 1. The summed E-state index contributed by atoms with van der Waals surface area (Å²) in [5, 5.41) is 4.09. The first-order valence-corrected chi connectivity index (χ1v) is 10.0. The van der Waals surface area contributed by atoms with E-state index >= 15 is 0 Å². The van der Waals surface area contributed by atoms with E-state index in [-0.39, 0.29) is 11.3 Å². The minimum absolute atomic E-state index is 0.0575. The molecule has 0 bridgehead atoms. The molecule has 0 saturated carbocycles. The third-order valence-corrected chi connectivity index (χ3v) is 4.83. The van der Waals surface area contributed by atoms with E-state index in [0.29, 0.717) is 12.2 Å². The highest BCUT2D eigenvalue weighted by Crippen LogP contribution is 2.22. The second-order valence-electron chi connectivity index (χ2n) is 8.33. The average molecular weight is 401 g/mol. The van der Waals surface area contributed by atoms with Gasteiger partial charge in [-0.1, -0.05) is 63.2 Å². The molecule has 0 heterocycles. The quantitative estimate of drug-likeness (QED) is 0.430. The highest BCUT2D eigenvalue weighted by Gasteiger charge is 2.14. The number of benzene rings is 3. The molecule has 1 N–H and O–H groups in total. The Morgan fingerprint density at radius 3 is 2.33 bits per heavy atom. The van der Waals surface area contributed by atoms with Crippen molar-refractivity contribution >= 4 is 12.1 Å². The third-order valence-electron chi connectivity index (χ3n) is 4.83. The van der Waals surface area contributed by atoms with Crippen LogP contribution in [0.15, 0.2) is 77.9 Å². The predicted octanol–water partition coefficient (Wildman–Crippen LogP) is 5.64. The Bertz CT molecular complexity index is 1020. The summed E-state index contributed by atoms with van der Waals surface area (Å²) in [6, 6.07) is 23.5. The number of ether oxygens (including phenoxy) is 1. The lowest BCUT2D eigenvalue weighted by Crippen LogP contribution is -2.18. The van der Waals surface area contributed by atoms with Crippen LogP contribution in [0.4, 0.5) is 0 Å². The van der Waals surface area contributed by atoms with Crippen molar-refractivity contribution in [3.05, 3.63) is 101 Å². The monoisotopic (exact) mass is 400 g/mol. The zero-order chi connectivity index (χ0) is 21.6. The first kappa shape index (κ1) is 21.3. The molecule has 3 aromatic carbocycles. The first-order chi connectivity index (χ1) is 14.3. The highest BCUT2D eigenvalue weighted by molar-refractivity contribution is 5.94. The van der Waals surface area contributed by atoms with Crippen LogP contribution >= 0.6 is 0 Å². The molecular formula is C26H28N2O2. The maximum absolute atomic E-state index is 12.3. The largest absolute Gasteiger partial charge is 0.489 e. The van der Waals surface area contributed by atoms with Crippen LogP contribution in [0, 0.1) is 6.92 Å². The smallest absolute Gasteiger partial charge is 0.271 e. The van der Waals surface area contributed by atoms with Crippen molar-refractivity contribution in [2.45, 2.75) is 39.7 Å². The van der Waals surface area contributed by atoms with Gasteiger partial charge in [0, 0.05) is 5.56 Å². The molecule has 4 heteroatoms. The fourth-order valence-corrected chi connectivity index (χ4v) is 3.00. The van der Waals surface area contributed by atoms with E-state index in [9.17, 15) is 4.79 Å². The van der Waals surface area contributed by atoms with E-state index in [2.05, 4.69) is 31.3 Å². The molecule has 0 spiro atoms. The second-order valence-corrected chi connectivity index (χ2v) is 8.33. The molecule has 4 nitrogen and oxygen atoms in total. The van der Waals surface area contributed by atoms with Gasteiger partial charge in [0.15, 0.2) is 0 Å². The summed E-state index contributed by atoms with van der Waals surface area (Å²) in [7, 11) is 0. The van der Waals surface area contributed by atoms with E-state index in [0.717, 1.165) is 22.4 Å². The molecular weight excluding hydrogens is 372 g/mol. The Morgan fingerprint density at radius 2 is 1.70 bits per heavy atom. The van der Waals surface area contributed by atoms with Gasteiger partial charge >= 0.3 is 0 Å². The third kappa shape index (κ3) is 5.80. The van der Waals surface area contributed by atoms with Gasteiger partial charge in [0.1, 0.15) is 12.4 Å². The SMILES string of the molecule is Cc1cc(/C=N/NC(=O)c2ccc(C(C)(C)C)cc2)ccc1OCc1ccccc1. The van der Waals surface area contributed by atoms with Crippen molar-refractivity contribution in [2.24, 2.45) is 5.10 Å². The van der Waals surface area contributed by atoms with Crippen LogP contribution in [0.25, 0.3) is 0 Å². The van der Waals surface area contributed by atoms with E-state index in [1.54, 1.807) is 6.21 Å². The van der Waals surface area contributed by atoms with E-state index in [4.69, 9.17) is 4.74 Å². The number of carbonyl (C=O) groups is 1. The molecule has 0 atom stereocenters. The van der Waals surface area contributed by atoms with Crippen molar-refractivity contribution in [2.75, 3.05) is 0 Å². The number of rotatable bonds is 6. The van der Waals surface area contributed by atoms with E-state index in [1.165, 1.54) is 5.56 Å². The molecule has 154 valence electrons. The first-order valence-electron chi connectivity index (χ1n) is 10.0. The zero-order valence-electron chi connectivity index (χ0n) is 18.0. The van der Waals surface area contributed by atoms with Gasteiger partial charge in [-0.2, -0.15) is 5.10 Å². The summed E-state index contributed by atoms with van der Waals surface area (Å²) in [6.07, 6.45) is 1.63. The molecule has 0 unspecified atom stereocenters. The normalized spacial score (nSPS) is 11.5. The van der Waals surface area contributed by atoms with Crippen LogP contribution in [0.3, 0.4) is 0 Å².